The third-order valence-corrected chi connectivity index (χ3v) is 5.30. The van der Waals surface area contributed by atoms with Gasteiger partial charge in [0.2, 0.25) is 5.91 Å². The maximum absolute atomic E-state index is 13.0. The molecule has 3 heterocycles. The zero-order valence-corrected chi connectivity index (χ0v) is 17.2. The Morgan fingerprint density at radius 3 is 2.60 bits per heavy atom. The molecule has 0 radical (unpaired) electrons. The number of anilines is 1. The lowest BCUT2D eigenvalue weighted by molar-refractivity contribution is -0.121. The highest BCUT2D eigenvalue weighted by Crippen LogP contribution is 2.21. The van der Waals surface area contributed by atoms with Gasteiger partial charge in [-0.3, -0.25) is 9.59 Å². The van der Waals surface area contributed by atoms with Crippen LogP contribution in [0.5, 0.6) is 0 Å². The zero-order valence-electron chi connectivity index (χ0n) is 17.2. The maximum atomic E-state index is 13.0. The minimum Gasteiger partial charge on any atom is -0.338 e. The Bertz CT molecular complexity index is 1020. The quantitative estimate of drug-likeness (QED) is 0.724. The number of piperidine rings is 1. The Kier molecular flexibility index (Phi) is 5.61. The van der Waals surface area contributed by atoms with Crippen LogP contribution in [0.2, 0.25) is 0 Å². The van der Waals surface area contributed by atoms with Crippen LogP contribution in [0, 0.1) is 19.8 Å². The molecule has 1 atom stereocenters. The van der Waals surface area contributed by atoms with Gasteiger partial charge >= 0.3 is 0 Å². The average Bonchev–Trinajstić information content (AvgIpc) is 3.28. The summed E-state index contributed by atoms with van der Waals surface area (Å²) < 4.78 is 1.66. The van der Waals surface area contributed by atoms with E-state index in [1.807, 2.05) is 44.3 Å². The van der Waals surface area contributed by atoms with E-state index < -0.39 is 0 Å². The van der Waals surface area contributed by atoms with E-state index in [9.17, 15) is 9.59 Å². The van der Waals surface area contributed by atoms with Gasteiger partial charge in [0.15, 0.2) is 5.82 Å². The van der Waals surface area contributed by atoms with E-state index in [0.29, 0.717) is 30.2 Å². The molecular formula is C23H25N5O2. The minimum absolute atomic E-state index is 0.00968. The maximum Gasteiger partial charge on any atom is 0.253 e. The van der Waals surface area contributed by atoms with Crippen molar-refractivity contribution in [3.8, 4) is 5.82 Å². The number of amides is 2. The molecule has 7 heteroatoms. The van der Waals surface area contributed by atoms with Gasteiger partial charge in [0.25, 0.3) is 5.91 Å². The molecule has 1 N–H and O–H groups in total. The van der Waals surface area contributed by atoms with Gasteiger partial charge in [-0.05, 0) is 57.0 Å². The number of nitrogens with one attached hydrogen (secondary N) is 1. The van der Waals surface area contributed by atoms with E-state index >= 15 is 0 Å². The molecule has 0 bridgehead atoms. The molecule has 3 aromatic rings. The number of benzene rings is 1. The molecule has 7 nitrogen and oxygen atoms in total. The molecule has 1 aliphatic heterocycles. The van der Waals surface area contributed by atoms with Crippen molar-refractivity contribution < 1.29 is 9.59 Å². The van der Waals surface area contributed by atoms with Crippen molar-refractivity contribution in [1.29, 1.82) is 0 Å². The molecule has 0 unspecified atom stereocenters. The largest absolute Gasteiger partial charge is 0.338 e. The summed E-state index contributed by atoms with van der Waals surface area (Å²) in [6.45, 7) is 5.08. The van der Waals surface area contributed by atoms with E-state index in [1.54, 1.807) is 28.0 Å². The fourth-order valence-electron chi connectivity index (χ4n) is 3.90. The molecule has 0 aliphatic carbocycles. The molecule has 1 aromatic carbocycles. The van der Waals surface area contributed by atoms with Crippen molar-refractivity contribution in [2.24, 2.45) is 5.92 Å². The lowest BCUT2D eigenvalue weighted by Gasteiger charge is -2.32. The summed E-state index contributed by atoms with van der Waals surface area (Å²) >= 11 is 0. The van der Waals surface area contributed by atoms with Gasteiger partial charge in [-0.25, -0.2) is 9.67 Å². The fraction of sp³-hybridized carbons (Fsp3) is 0.304. The molecule has 0 spiro atoms. The van der Waals surface area contributed by atoms with Crippen molar-refractivity contribution in [2.75, 3.05) is 18.4 Å². The van der Waals surface area contributed by atoms with Gasteiger partial charge in [-0.2, -0.15) is 5.10 Å². The number of nitrogens with zero attached hydrogens (tertiary/aromatic N) is 4. The smallest absolute Gasteiger partial charge is 0.253 e. The molecule has 154 valence electrons. The lowest BCUT2D eigenvalue weighted by Crippen LogP contribution is -2.43. The van der Waals surface area contributed by atoms with Crippen LogP contribution in [0.3, 0.4) is 0 Å². The third kappa shape index (κ3) is 4.40. The number of pyridine rings is 1. The van der Waals surface area contributed by atoms with Crippen molar-refractivity contribution in [2.45, 2.75) is 26.7 Å². The van der Waals surface area contributed by atoms with Gasteiger partial charge in [0, 0.05) is 31.0 Å². The van der Waals surface area contributed by atoms with E-state index in [2.05, 4.69) is 21.5 Å². The first-order chi connectivity index (χ1) is 14.5. The van der Waals surface area contributed by atoms with Crippen molar-refractivity contribution >= 4 is 17.5 Å². The Balaban J connectivity index is 1.40. The van der Waals surface area contributed by atoms with Gasteiger partial charge in [0.05, 0.1) is 17.8 Å². The molecule has 0 saturated carbocycles. The first-order valence-corrected chi connectivity index (χ1v) is 10.1. The Morgan fingerprint density at radius 1 is 1.13 bits per heavy atom. The van der Waals surface area contributed by atoms with Crippen LogP contribution in [0.1, 0.15) is 34.3 Å². The second kappa shape index (κ2) is 8.49. The monoisotopic (exact) mass is 403 g/mol. The number of carbonyl (C=O) groups excluding carboxylic acids is 2. The summed E-state index contributed by atoms with van der Waals surface area (Å²) in [5, 5.41) is 7.07. The van der Waals surface area contributed by atoms with Crippen LogP contribution in [0.25, 0.3) is 5.82 Å². The Hall–Kier alpha value is -3.48. The highest BCUT2D eigenvalue weighted by Gasteiger charge is 2.29. The first kappa shape index (κ1) is 19.8. The van der Waals surface area contributed by atoms with E-state index in [-0.39, 0.29) is 17.7 Å². The van der Waals surface area contributed by atoms with Gasteiger partial charge in [-0.1, -0.05) is 17.2 Å². The number of aromatic nitrogens is 3. The number of hydrogen-bond donors (Lipinski definition) is 1. The second-order valence-corrected chi connectivity index (χ2v) is 7.81. The topological polar surface area (TPSA) is 80.1 Å². The molecule has 1 fully saturated rings. The SMILES string of the molecule is Cc1cc(C)cc(C(=O)N2CCC[C@@H](C(=O)Nc3ccc(-n4cccn4)nc3)C2)c1. The van der Waals surface area contributed by atoms with E-state index in [1.165, 1.54) is 0 Å². The number of likely N-dealkylation sites (tertiary alicyclic amines) is 1. The van der Waals surface area contributed by atoms with E-state index in [4.69, 9.17) is 0 Å². The number of rotatable bonds is 4. The number of hydrogen-bond acceptors (Lipinski definition) is 4. The van der Waals surface area contributed by atoms with Gasteiger partial charge < -0.3 is 10.2 Å². The van der Waals surface area contributed by atoms with Crippen LogP contribution in [0.15, 0.2) is 55.0 Å². The van der Waals surface area contributed by atoms with Crippen LogP contribution in [-0.2, 0) is 4.79 Å². The Labute approximate surface area is 175 Å². The van der Waals surface area contributed by atoms with E-state index in [0.717, 1.165) is 24.0 Å². The van der Waals surface area contributed by atoms with Crippen molar-refractivity contribution in [1.82, 2.24) is 19.7 Å². The molecular weight excluding hydrogens is 378 g/mol. The van der Waals surface area contributed by atoms with Gasteiger partial charge in [-0.15, -0.1) is 0 Å². The van der Waals surface area contributed by atoms with Crippen LogP contribution >= 0.6 is 0 Å². The second-order valence-electron chi connectivity index (χ2n) is 7.81. The summed E-state index contributed by atoms with van der Waals surface area (Å²) in [5.74, 6) is 0.353. The molecule has 1 saturated heterocycles. The third-order valence-electron chi connectivity index (χ3n) is 5.30. The zero-order chi connectivity index (χ0) is 21.1. The minimum atomic E-state index is -0.237. The van der Waals surface area contributed by atoms with Crippen molar-refractivity contribution in [3.05, 3.63) is 71.7 Å². The molecule has 2 aromatic heterocycles. The van der Waals surface area contributed by atoms with Crippen LogP contribution < -0.4 is 5.32 Å². The summed E-state index contributed by atoms with van der Waals surface area (Å²) in [6, 6.07) is 11.3. The van der Waals surface area contributed by atoms with Gasteiger partial charge in [0.1, 0.15) is 0 Å². The highest BCUT2D eigenvalue weighted by atomic mass is 16.2. The summed E-state index contributed by atoms with van der Waals surface area (Å²) in [4.78, 5) is 31.9. The summed E-state index contributed by atoms with van der Waals surface area (Å²) in [5.41, 5.74) is 3.45. The summed E-state index contributed by atoms with van der Waals surface area (Å²) in [7, 11) is 0. The molecule has 4 rings (SSSR count). The predicted octanol–water partition coefficient (Wildman–Crippen LogP) is 3.38. The Morgan fingerprint density at radius 2 is 1.93 bits per heavy atom. The fourth-order valence-corrected chi connectivity index (χ4v) is 3.90. The average molecular weight is 403 g/mol. The summed E-state index contributed by atoms with van der Waals surface area (Å²) in [6.07, 6.45) is 6.69. The highest BCUT2D eigenvalue weighted by molar-refractivity contribution is 5.96. The van der Waals surface area contributed by atoms with Crippen molar-refractivity contribution in [3.63, 3.8) is 0 Å². The normalized spacial score (nSPS) is 16.3. The molecule has 30 heavy (non-hydrogen) atoms. The lowest BCUT2D eigenvalue weighted by atomic mass is 9.96. The predicted molar refractivity (Wildman–Crippen MR) is 115 cm³/mol. The standard InChI is InChI=1S/C23H25N5O2/c1-16-11-17(2)13-19(12-16)23(30)27-9-3-5-18(15-27)22(29)26-20-6-7-21(24-14-20)28-10-4-8-25-28/h4,6-8,10-14,18H,3,5,9,15H2,1-2H3,(H,26,29)/t18-/m1/s1. The molecule has 1 aliphatic rings. The first-order valence-electron chi connectivity index (χ1n) is 10.1. The number of carbonyl (C=O) groups is 2. The number of aryl methyl sites for hydroxylation is 2. The van der Waals surface area contributed by atoms with Crippen LogP contribution in [0.4, 0.5) is 5.69 Å². The molecule has 2 amide bonds. The van der Waals surface area contributed by atoms with Crippen LogP contribution in [-0.4, -0.2) is 44.6 Å².